The summed E-state index contributed by atoms with van der Waals surface area (Å²) < 4.78 is 25.0. The predicted octanol–water partition coefficient (Wildman–Crippen LogP) is 6.58. The molecule has 0 aliphatic carbocycles. The van der Waals surface area contributed by atoms with Crippen LogP contribution in [0.3, 0.4) is 0 Å². The van der Waals surface area contributed by atoms with Crippen LogP contribution in [0.1, 0.15) is 25.2 Å². The van der Waals surface area contributed by atoms with Gasteiger partial charge >= 0.3 is 7.60 Å². The average Bonchev–Trinajstić information content (AvgIpc) is 2.67. The Balaban J connectivity index is 2.21. The second kappa shape index (κ2) is 8.97. The Morgan fingerprint density at radius 3 is 2.43 bits per heavy atom. The fraction of sp³-hybridized carbons (Fsp3) is 0.238. The van der Waals surface area contributed by atoms with Crippen molar-refractivity contribution in [2.45, 2.75) is 19.6 Å². The highest BCUT2D eigenvalue weighted by atomic mass is 35.5. The van der Waals surface area contributed by atoms with Gasteiger partial charge < -0.3 is 19.5 Å². The molecule has 0 aromatic heterocycles. The molecule has 0 aliphatic heterocycles. The number of fused-ring (bicyclic) bond motifs is 1. The van der Waals surface area contributed by atoms with E-state index in [2.05, 4.69) is 5.32 Å². The molecule has 5 nitrogen and oxygen atoms in total. The van der Waals surface area contributed by atoms with E-state index in [4.69, 9.17) is 20.6 Å². The van der Waals surface area contributed by atoms with E-state index in [1.807, 2.05) is 36.4 Å². The SMILES string of the molecule is CCOP(=O)(OCC)C(Nc1cccc(Cl)c1)c1c(O)ccc2ccccc12. The Kier molecular flexibility index (Phi) is 6.63. The molecule has 148 valence electrons. The third-order valence-corrected chi connectivity index (χ3v) is 6.77. The molecule has 28 heavy (non-hydrogen) atoms. The van der Waals surface area contributed by atoms with Gasteiger partial charge in [-0.15, -0.1) is 0 Å². The predicted molar refractivity (Wildman–Crippen MR) is 114 cm³/mol. The van der Waals surface area contributed by atoms with Crippen molar-refractivity contribution in [3.05, 3.63) is 71.2 Å². The van der Waals surface area contributed by atoms with Crippen molar-refractivity contribution < 1.29 is 18.7 Å². The number of hydrogen-bond acceptors (Lipinski definition) is 5. The van der Waals surface area contributed by atoms with Crippen LogP contribution in [0.2, 0.25) is 5.02 Å². The van der Waals surface area contributed by atoms with Gasteiger partial charge in [0.1, 0.15) is 5.75 Å². The molecule has 0 radical (unpaired) electrons. The number of phenols is 1. The molecule has 0 spiro atoms. The van der Waals surface area contributed by atoms with Crippen LogP contribution in [0.5, 0.6) is 5.75 Å². The van der Waals surface area contributed by atoms with Crippen LogP contribution < -0.4 is 5.32 Å². The van der Waals surface area contributed by atoms with Crippen molar-refractivity contribution in [1.82, 2.24) is 0 Å². The molecule has 1 unspecified atom stereocenters. The van der Waals surface area contributed by atoms with Gasteiger partial charge in [0.2, 0.25) is 0 Å². The van der Waals surface area contributed by atoms with Crippen LogP contribution in [-0.2, 0) is 13.6 Å². The van der Waals surface area contributed by atoms with Crippen molar-refractivity contribution in [3.8, 4) is 5.75 Å². The molecule has 0 bridgehead atoms. The van der Waals surface area contributed by atoms with Crippen LogP contribution >= 0.6 is 19.2 Å². The second-order valence-electron chi connectivity index (χ2n) is 6.15. The Bertz CT molecular complexity index is 1000. The molecule has 0 amide bonds. The van der Waals surface area contributed by atoms with E-state index in [1.165, 1.54) is 0 Å². The van der Waals surface area contributed by atoms with E-state index in [-0.39, 0.29) is 19.0 Å². The van der Waals surface area contributed by atoms with Crippen molar-refractivity contribution in [2.75, 3.05) is 18.5 Å². The van der Waals surface area contributed by atoms with Crippen LogP contribution in [-0.4, -0.2) is 18.3 Å². The highest BCUT2D eigenvalue weighted by Crippen LogP contribution is 2.62. The lowest BCUT2D eigenvalue weighted by molar-refractivity contribution is 0.214. The Labute approximate surface area is 169 Å². The van der Waals surface area contributed by atoms with Crippen LogP contribution in [0.4, 0.5) is 5.69 Å². The van der Waals surface area contributed by atoms with E-state index in [0.29, 0.717) is 16.3 Å². The average molecular weight is 420 g/mol. The molecule has 0 saturated heterocycles. The number of benzene rings is 3. The molecule has 1 atom stereocenters. The van der Waals surface area contributed by atoms with Crippen molar-refractivity contribution in [3.63, 3.8) is 0 Å². The molecule has 7 heteroatoms. The summed E-state index contributed by atoms with van der Waals surface area (Å²) in [6.45, 7) is 3.92. The maximum Gasteiger partial charge on any atom is 0.357 e. The van der Waals surface area contributed by atoms with Gasteiger partial charge in [0, 0.05) is 16.3 Å². The number of rotatable bonds is 8. The smallest absolute Gasteiger partial charge is 0.357 e. The molecule has 2 N–H and O–H groups in total. The topological polar surface area (TPSA) is 67.8 Å². The van der Waals surface area contributed by atoms with E-state index in [1.54, 1.807) is 38.1 Å². The largest absolute Gasteiger partial charge is 0.508 e. The van der Waals surface area contributed by atoms with Gasteiger partial charge in [-0.3, -0.25) is 4.57 Å². The van der Waals surface area contributed by atoms with E-state index in [0.717, 1.165) is 10.8 Å². The summed E-state index contributed by atoms with van der Waals surface area (Å²) in [5, 5.41) is 16.1. The molecule has 0 saturated carbocycles. The highest BCUT2D eigenvalue weighted by Gasteiger charge is 2.39. The number of phenolic OH excluding ortho intramolecular Hbond substituents is 1. The molecular formula is C21H23ClNO4P. The van der Waals surface area contributed by atoms with Gasteiger partial charge in [0.15, 0.2) is 5.78 Å². The normalized spacial score (nSPS) is 12.8. The molecular weight excluding hydrogens is 397 g/mol. The lowest BCUT2D eigenvalue weighted by atomic mass is 10.0. The molecule has 3 aromatic carbocycles. The van der Waals surface area contributed by atoms with Gasteiger partial charge in [0.05, 0.1) is 13.2 Å². The van der Waals surface area contributed by atoms with Gasteiger partial charge in [0.25, 0.3) is 0 Å². The minimum Gasteiger partial charge on any atom is -0.508 e. The maximum atomic E-state index is 13.7. The minimum absolute atomic E-state index is 0.0119. The first kappa shape index (κ1) is 20.7. The van der Waals surface area contributed by atoms with Gasteiger partial charge in [-0.25, -0.2) is 0 Å². The fourth-order valence-electron chi connectivity index (χ4n) is 3.16. The number of halogens is 1. The zero-order valence-corrected chi connectivity index (χ0v) is 17.4. The molecule has 3 aromatic rings. The summed E-state index contributed by atoms with van der Waals surface area (Å²) >= 11 is 6.12. The molecule has 0 aliphatic rings. The van der Waals surface area contributed by atoms with Gasteiger partial charge in [-0.1, -0.05) is 48.0 Å². The lowest BCUT2D eigenvalue weighted by Crippen LogP contribution is -2.16. The molecule has 0 fully saturated rings. The zero-order valence-electron chi connectivity index (χ0n) is 15.8. The minimum atomic E-state index is -3.68. The first-order chi connectivity index (χ1) is 13.5. The van der Waals surface area contributed by atoms with Crippen molar-refractivity contribution in [2.24, 2.45) is 0 Å². The fourth-order valence-corrected chi connectivity index (χ4v) is 5.34. The summed E-state index contributed by atoms with van der Waals surface area (Å²) in [5.74, 6) is -0.908. The quantitative estimate of drug-likeness (QED) is 0.404. The second-order valence-corrected chi connectivity index (χ2v) is 8.70. The standard InChI is InChI=1S/C21H23ClNO4P/c1-3-26-28(25,27-4-2)21(23-17-10-7-9-16(22)14-17)20-18-11-6-5-8-15(18)12-13-19(20)24/h5-14,21,23-24H,3-4H2,1-2H3. The number of aromatic hydroxyl groups is 1. The van der Waals surface area contributed by atoms with Gasteiger partial charge in [-0.05, 0) is 48.9 Å². The van der Waals surface area contributed by atoms with E-state index < -0.39 is 13.4 Å². The lowest BCUT2D eigenvalue weighted by Gasteiger charge is -2.29. The third kappa shape index (κ3) is 4.34. The van der Waals surface area contributed by atoms with E-state index >= 15 is 0 Å². The number of hydrogen-bond donors (Lipinski definition) is 2. The van der Waals surface area contributed by atoms with Crippen molar-refractivity contribution in [1.29, 1.82) is 0 Å². The Morgan fingerprint density at radius 1 is 1.04 bits per heavy atom. The third-order valence-electron chi connectivity index (χ3n) is 4.28. The first-order valence-electron chi connectivity index (χ1n) is 9.10. The number of nitrogens with one attached hydrogen (secondary N) is 1. The summed E-state index contributed by atoms with van der Waals surface area (Å²) in [4.78, 5) is 0. The van der Waals surface area contributed by atoms with E-state index in [9.17, 15) is 9.67 Å². The number of anilines is 1. The van der Waals surface area contributed by atoms with Crippen LogP contribution in [0.25, 0.3) is 10.8 Å². The Hall–Kier alpha value is -2.04. The molecule has 0 heterocycles. The first-order valence-corrected chi connectivity index (χ1v) is 11.1. The van der Waals surface area contributed by atoms with Crippen molar-refractivity contribution >= 4 is 35.7 Å². The summed E-state index contributed by atoms with van der Waals surface area (Å²) in [5.41, 5.74) is 1.10. The molecule has 3 rings (SSSR count). The summed E-state index contributed by atoms with van der Waals surface area (Å²) in [6, 6.07) is 18.1. The summed E-state index contributed by atoms with van der Waals surface area (Å²) in [7, 11) is -3.68. The van der Waals surface area contributed by atoms with Crippen LogP contribution in [0.15, 0.2) is 60.7 Å². The maximum absolute atomic E-state index is 13.7. The van der Waals surface area contributed by atoms with Crippen LogP contribution in [0, 0.1) is 0 Å². The van der Waals surface area contributed by atoms with Gasteiger partial charge in [-0.2, -0.15) is 0 Å². The zero-order chi connectivity index (χ0) is 20.1. The Morgan fingerprint density at radius 2 is 1.75 bits per heavy atom. The monoisotopic (exact) mass is 419 g/mol. The summed E-state index contributed by atoms with van der Waals surface area (Å²) in [6.07, 6.45) is 0. The highest BCUT2D eigenvalue weighted by molar-refractivity contribution is 7.54.